The average molecular weight is 532 g/mol. The molecule has 1 saturated carbocycles. The van der Waals surface area contributed by atoms with E-state index in [9.17, 15) is 19.5 Å². The predicted molar refractivity (Wildman–Crippen MR) is 145 cm³/mol. The molecule has 0 radical (unpaired) electrons. The minimum atomic E-state index is -0.842. The van der Waals surface area contributed by atoms with Gasteiger partial charge in [0.05, 0.1) is 13.0 Å². The summed E-state index contributed by atoms with van der Waals surface area (Å²) in [5.74, 6) is -1.27. The first-order chi connectivity index (χ1) is 17.1. The van der Waals surface area contributed by atoms with Crippen molar-refractivity contribution in [1.82, 2.24) is 4.90 Å². The number of esters is 1. The number of benzene rings is 1. The van der Waals surface area contributed by atoms with Gasteiger partial charge < -0.3 is 14.7 Å². The number of amides is 1. The molecule has 7 heteroatoms. The normalized spacial score (nSPS) is 24.4. The Bertz CT molecular complexity index is 1080. The van der Waals surface area contributed by atoms with Crippen LogP contribution in [0, 0.1) is 16.7 Å². The fourth-order valence-corrected chi connectivity index (χ4v) is 5.94. The van der Waals surface area contributed by atoms with E-state index in [2.05, 4.69) is 39.8 Å². The average Bonchev–Trinajstić information content (AvgIpc) is 2.76. The van der Waals surface area contributed by atoms with E-state index in [1.165, 1.54) is 7.11 Å². The number of methoxy groups -OCH3 is 1. The van der Waals surface area contributed by atoms with Crippen LogP contribution in [-0.2, 0) is 31.0 Å². The van der Waals surface area contributed by atoms with Gasteiger partial charge in [-0.2, -0.15) is 0 Å². The number of halogens is 1. The Morgan fingerprint density at radius 1 is 1.16 bits per heavy atom. The van der Waals surface area contributed by atoms with Crippen LogP contribution in [0.3, 0.4) is 0 Å². The molecule has 37 heavy (non-hydrogen) atoms. The minimum Gasteiger partial charge on any atom is -0.481 e. The first kappa shape index (κ1) is 29.2. The molecule has 6 nitrogen and oxygen atoms in total. The summed E-state index contributed by atoms with van der Waals surface area (Å²) in [5.41, 5.74) is 2.15. The van der Waals surface area contributed by atoms with E-state index in [4.69, 9.17) is 16.3 Å². The molecule has 1 fully saturated rings. The Morgan fingerprint density at radius 2 is 1.81 bits per heavy atom. The number of carbonyl (C=O) groups excluding carboxylic acids is 2. The highest BCUT2D eigenvalue weighted by atomic mass is 35.5. The molecule has 2 aliphatic rings. The molecule has 204 valence electrons. The molecule has 1 aliphatic heterocycles. The number of aliphatic carboxylic acids is 1. The summed E-state index contributed by atoms with van der Waals surface area (Å²) in [7, 11) is 1.38. The molecule has 1 unspecified atom stereocenters. The quantitative estimate of drug-likeness (QED) is 0.366. The summed E-state index contributed by atoms with van der Waals surface area (Å²) in [6.45, 7) is 12.8. The van der Waals surface area contributed by atoms with Crippen molar-refractivity contribution >= 4 is 29.4 Å². The second kappa shape index (κ2) is 10.8. The molecule has 1 amide bonds. The zero-order chi connectivity index (χ0) is 27.8. The maximum absolute atomic E-state index is 13.5. The molecule has 1 aliphatic carbocycles. The highest BCUT2D eigenvalue weighted by molar-refractivity contribution is 6.31. The molecule has 0 saturated heterocycles. The van der Waals surface area contributed by atoms with Crippen molar-refractivity contribution in [2.24, 2.45) is 16.7 Å². The molecule has 0 bridgehead atoms. The first-order valence-electron chi connectivity index (χ1n) is 13.2. The third-order valence-corrected chi connectivity index (χ3v) is 8.58. The van der Waals surface area contributed by atoms with Crippen LogP contribution in [0.15, 0.2) is 30.0 Å². The highest BCUT2D eigenvalue weighted by Crippen LogP contribution is 2.51. The van der Waals surface area contributed by atoms with Crippen LogP contribution in [0.1, 0.15) is 91.2 Å². The molecule has 0 aromatic heterocycles. The van der Waals surface area contributed by atoms with E-state index in [1.807, 2.05) is 26.1 Å². The van der Waals surface area contributed by atoms with Gasteiger partial charge in [0.1, 0.15) is 0 Å². The van der Waals surface area contributed by atoms with Gasteiger partial charge in [0.25, 0.3) is 0 Å². The van der Waals surface area contributed by atoms with Crippen molar-refractivity contribution < 1.29 is 24.2 Å². The Kier molecular flexibility index (Phi) is 8.53. The van der Waals surface area contributed by atoms with Crippen molar-refractivity contribution in [3.05, 3.63) is 46.1 Å². The fraction of sp³-hybridized carbons (Fsp3) is 0.633. The molecular weight excluding hydrogens is 490 g/mol. The predicted octanol–water partition coefficient (Wildman–Crippen LogP) is 6.54. The van der Waals surface area contributed by atoms with Crippen LogP contribution in [0.25, 0.3) is 0 Å². The lowest BCUT2D eigenvalue weighted by molar-refractivity contribution is -0.153. The zero-order valence-corrected chi connectivity index (χ0v) is 24.1. The Balaban J connectivity index is 1.98. The van der Waals surface area contributed by atoms with Crippen molar-refractivity contribution in [2.45, 2.75) is 97.9 Å². The number of nitrogens with zero attached hydrogens (tertiary/aromatic N) is 1. The van der Waals surface area contributed by atoms with Gasteiger partial charge in [0, 0.05) is 35.5 Å². The number of carboxylic acid groups (broad SMARTS) is 1. The van der Waals surface area contributed by atoms with Gasteiger partial charge in [-0.25, -0.2) is 0 Å². The number of ether oxygens (including phenoxy) is 1. The molecule has 1 atom stereocenters. The monoisotopic (exact) mass is 531 g/mol. The number of allylic oxidation sites excluding steroid dienone is 1. The van der Waals surface area contributed by atoms with Crippen molar-refractivity contribution in [2.75, 3.05) is 7.11 Å². The van der Waals surface area contributed by atoms with Gasteiger partial charge in [-0.3, -0.25) is 14.4 Å². The van der Waals surface area contributed by atoms with E-state index in [0.717, 1.165) is 29.5 Å². The second-order valence-corrected chi connectivity index (χ2v) is 13.2. The minimum absolute atomic E-state index is 0.00142. The van der Waals surface area contributed by atoms with Gasteiger partial charge in [-0.05, 0) is 65.7 Å². The van der Waals surface area contributed by atoms with Gasteiger partial charge in [-0.15, -0.1) is 0 Å². The standard InChI is InChI=1S/C30H42ClNO5/c1-28(2,3)12-10-19-8-9-21(16-23(19)31)30(6)17-25(33)32(22-14-20(15-22)27(36)37-7)18-24(30)29(4,5)13-11-26(34)35/h8-9,16,18,20,22H,10-15,17H2,1-7H3,(H,34,35). The van der Waals surface area contributed by atoms with Crippen LogP contribution in [-0.4, -0.2) is 41.0 Å². The van der Waals surface area contributed by atoms with Crippen molar-refractivity contribution in [3.63, 3.8) is 0 Å². The highest BCUT2D eigenvalue weighted by Gasteiger charge is 2.48. The van der Waals surface area contributed by atoms with E-state index in [1.54, 1.807) is 4.90 Å². The SMILES string of the molecule is COC(=O)C1CC(N2C=C(C(C)(C)CCC(=O)O)C(C)(c3ccc(CCC(C)(C)C)c(Cl)c3)CC2=O)C1. The third-order valence-electron chi connectivity index (χ3n) is 8.22. The van der Waals surface area contributed by atoms with E-state index in [-0.39, 0.29) is 42.1 Å². The Labute approximate surface area is 226 Å². The van der Waals surface area contributed by atoms with E-state index >= 15 is 0 Å². The number of hydrogen-bond donors (Lipinski definition) is 1. The van der Waals surface area contributed by atoms with Crippen LogP contribution in [0.5, 0.6) is 0 Å². The third kappa shape index (κ3) is 6.57. The summed E-state index contributed by atoms with van der Waals surface area (Å²) >= 11 is 6.77. The van der Waals surface area contributed by atoms with Crippen LogP contribution < -0.4 is 0 Å². The van der Waals surface area contributed by atoms with Crippen LogP contribution >= 0.6 is 11.6 Å². The van der Waals surface area contributed by atoms with Crippen LogP contribution in [0.4, 0.5) is 0 Å². The van der Waals surface area contributed by atoms with Crippen molar-refractivity contribution in [1.29, 1.82) is 0 Å². The summed E-state index contributed by atoms with van der Waals surface area (Å²) < 4.78 is 4.87. The van der Waals surface area contributed by atoms with Gasteiger partial charge in [-0.1, -0.05) is 65.3 Å². The lowest BCUT2D eigenvalue weighted by atomic mass is 9.61. The molecule has 3 rings (SSSR count). The van der Waals surface area contributed by atoms with Crippen LogP contribution in [0.2, 0.25) is 5.02 Å². The van der Waals surface area contributed by atoms with Gasteiger partial charge >= 0.3 is 11.9 Å². The van der Waals surface area contributed by atoms with Crippen molar-refractivity contribution in [3.8, 4) is 0 Å². The van der Waals surface area contributed by atoms with Gasteiger partial charge in [0.15, 0.2) is 0 Å². The number of carbonyl (C=O) groups is 3. The van der Waals surface area contributed by atoms with E-state index in [0.29, 0.717) is 24.3 Å². The summed E-state index contributed by atoms with van der Waals surface area (Å²) in [6, 6.07) is 6.07. The Morgan fingerprint density at radius 3 is 2.35 bits per heavy atom. The molecule has 1 N–H and O–H groups in total. The number of rotatable bonds is 9. The molecular formula is C30H42ClNO5. The number of carboxylic acids is 1. The zero-order valence-electron chi connectivity index (χ0n) is 23.3. The maximum Gasteiger partial charge on any atom is 0.308 e. The van der Waals surface area contributed by atoms with E-state index < -0.39 is 16.8 Å². The summed E-state index contributed by atoms with van der Waals surface area (Å²) in [6.07, 6.45) is 5.71. The molecule has 0 spiro atoms. The maximum atomic E-state index is 13.5. The lowest BCUT2D eigenvalue weighted by Gasteiger charge is -2.49. The largest absolute Gasteiger partial charge is 0.481 e. The first-order valence-corrected chi connectivity index (χ1v) is 13.6. The summed E-state index contributed by atoms with van der Waals surface area (Å²) in [5, 5.41) is 10.1. The lowest BCUT2D eigenvalue weighted by Crippen LogP contribution is -2.52. The number of hydrogen-bond acceptors (Lipinski definition) is 4. The summed E-state index contributed by atoms with van der Waals surface area (Å²) in [4.78, 5) is 38.6. The topological polar surface area (TPSA) is 83.9 Å². The molecule has 1 aromatic rings. The second-order valence-electron chi connectivity index (χ2n) is 12.8. The smallest absolute Gasteiger partial charge is 0.308 e. The number of aryl methyl sites for hydroxylation is 1. The molecule has 1 heterocycles. The fourth-order valence-electron chi connectivity index (χ4n) is 5.66. The molecule has 1 aromatic carbocycles. The Hall–Kier alpha value is -2.34. The van der Waals surface area contributed by atoms with Gasteiger partial charge in [0.2, 0.25) is 5.91 Å².